The van der Waals surface area contributed by atoms with E-state index in [-0.39, 0.29) is 6.61 Å². The molecular formula is C18H21NO2. The molecule has 0 radical (unpaired) electrons. The van der Waals surface area contributed by atoms with E-state index in [0.717, 1.165) is 11.3 Å². The molecule has 21 heavy (non-hydrogen) atoms. The predicted octanol–water partition coefficient (Wildman–Crippen LogP) is 3.29. The molecule has 2 rings (SSSR count). The van der Waals surface area contributed by atoms with Crippen LogP contribution in [0.5, 0.6) is 5.75 Å². The first-order valence-corrected chi connectivity index (χ1v) is 7.09. The van der Waals surface area contributed by atoms with Crippen molar-refractivity contribution in [3.63, 3.8) is 0 Å². The van der Waals surface area contributed by atoms with E-state index in [4.69, 9.17) is 9.84 Å². The van der Waals surface area contributed by atoms with E-state index < -0.39 is 0 Å². The van der Waals surface area contributed by atoms with Crippen molar-refractivity contribution in [3.05, 3.63) is 64.7 Å². The highest BCUT2D eigenvalue weighted by molar-refractivity contribution is 5.79. The van der Waals surface area contributed by atoms with Crippen LogP contribution >= 0.6 is 0 Å². The van der Waals surface area contributed by atoms with Gasteiger partial charge in [0.05, 0.1) is 13.2 Å². The first-order chi connectivity index (χ1) is 10.2. The van der Waals surface area contributed by atoms with E-state index in [9.17, 15) is 0 Å². The van der Waals surface area contributed by atoms with Crippen molar-refractivity contribution in [1.29, 1.82) is 0 Å². The molecule has 0 aliphatic carbocycles. The highest BCUT2D eigenvalue weighted by Gasteiger charge is 1.99. The number of hydrogen-bond acceptors (Lipinski definition) is 3. The largest absolute Gasteiger partial charge is 0.489 e. The fraction of sp³-hybridized carbons (Fsp3) is 0.278. The third-order valence-corrected chi connectivity index (χ3v) is 3.33. The minimum absolute atomic E-state index is 0.0770. The maximum absolute atomic E-state index is 8.67. The minimum Gasteiger partial charge on any atom is -0.489 e. The van der Waals surface area contributed by atoms with Crippen LogP contribution < -0.4 is 4.74 Å². The van der Waals surface area contributed by atoms with Gasteiger partial charge >= 0.3 is 0 Å². The summed E-state index contributed by atoms with van der Waals surface area (Å²) >= 11 is 0. The van der Waals surface area contributed by atoms with Crippen LogP contribution in [0.25, 0.3) is 0 Å². The molecule has 3 nitrogen and oxygen atoms in total. The molecule has 0 saturated carbocycles. The van der Waals surface area contributed by atoms with E-state index in [0.29, 0.717) is 13.2 Å². The summed E-state index contributed by atoms with van der Waals surface area (Å²) in [6, 6.07) is 14.1. The average Bonchev–Trinajstić information content (AvgIpc) is 2.50. The van der Waals surface area contributed by atoms with Crippen molar-refractivity contribution in [1.82, 2.24) is 0 Å². The third kappa shape index (κ3) is 4.72. The van der Waals surface area contributed by atoms with Gasteiger partial charge in [-0.3, -0.25) is 4.99 Å². The van der Waals surface area contributed by atoms with Gasteiger partial charge in [-0.1, -0.05) is 18.2 Å². The van der Waals surface area contributed by atoms with Crippen LogP contribution in [-0.2, 0) is 6.61 Å². The molecule has 2 aromatic rings. The Morgan fingerprint density at radius 1 is 1.05 bits per heavy atom. The summed E-state index contributed by atoms with van der Waals surface area (Å²) in [4.78, 5) is 4.09. The summed E-state index contributed by atoms with van der Waals surface area (Å²) in [6.45, 7) is 5.30. The van der Waals surface area contributed by atoms with Gasteiger partial charge < -0.3 is 9.84 Å². The van der Waals surface area contributed by atoms with Gasteiger partial charge in [-0.05, 0) is 60.4 Å². The van der Waals surface area contributed by atoms with Gasteiger partial charge in [0.1, 0.15) is 12.4 Å². The molecule has 0 aromatic heterocycles. The molecule has 110 valence electrons. The van der Waals surface area contributed by atoms with E-state index in [1.807, 2.05) is 24.3 Å². The Balaban J connectivity index is 1.92. The number of aliphatic imine (C=N–C) groups is 1. The van der Waals surface area contributed by atoms with Crippen molar-refractivity contribution in [3.8, 4) is 5.75 Å². The molecular weight excluding hydrogens is 262 g/mol. The Labute approximate surface area is 125 Å². The number of aliphatic hydroxyl groups is 1. The average molecular weight is 283 g/mol. The SMILES string of the molecule is Cc1ccc(COc2ccc(C=NCCO)cc2)cc1C. The molecule has 2 aromatic carbocycles. The number of aryl methyl sites for hydroxylation is 2. The van der Waals surface area contributed by atoms with Gasteiger partial charge in [0.25, 0.3) is 0 Å². The van der Waals surface area contributed by atoms with Crippen LogP contribution in [0.3, 0.4) is 0 Å². The molecule has 0 atom stereocenters. The Hall–Kier alpha value is -2.13. The Morgan fingerprint density at radius 2 is 1.81 bits per heavy atom. The first kappa shape index (κ1) is 15.3. The lowest BCUT2D eigenvalue weighted by atomic mass is 10.1. The summed E-state index contributed by atoms with van der Waals surface area (Å²) in [6.07, 6.45) is 1.75. The zero-order valence-electron chi connectivity index (χ0n) is 12.5. The van der Waals surface area contributed by atoms with Gasteiger partial charge in [0, 0.05) is 6.21 Å². The number of aliphatic hydroxyl groups excluding tert-OH is 1. The van der Waals surface area contributed by atoms with Crippen molar-refractivity contribution >= 4 is 6.21 Å². The third-order valence-electron chi connectivity index (χ3n) is 3.33. The number of ether oxygens (including phenoxy) is 1. The summed E-state index contributed by atoms with van der Waals surface area (Å²) < 4.78 is 5.78. The molecule has 3 heteroatoms. The molecule has 0 bridgehead atoms. The fourth-order valence-corrected chi connectivity index (χ4v) is 1.94. The Kier molecular flexibility index (Phi) is 5.52. The number of benzene rings is 2. The lowest BCUT2D eigenvalue weighted by molar-refractivity contribution is 0.306. The van der Waals surface area contributed by atoms with Crippen LogP contribution in [0.2, 0.25) is 0 Å². The lowest BCUT2D eigenvalue weighted by Crippen LogP contribution is -1.97. The number of hydrogen-bond donors (Lipinski definition) is 1. The fourth-order valence-electron chi connectivity index (χ4n) is 1.94. The zero-order chi connectivity index (χ0) is 15.1. The molecule has 0 unspecified atom stereocenters. The van der Waals surface area contributed by atoms with Gasteiger partial charge in [-0.2, -0.15) is 0 Å². The predicted molar refractivity (Wildman–Crippen MR) is 86.2 cm³/mol. The molecule has 1 N–H and O–H groups in total. The standard InChI is InChI=1S/C18H21NO2/c1-14-3-4-17(11-15(14)2)13-21-18-7-5-16(6-8-18)12-19-9-10-20/h3-8,11-12,20H,9-10,13H2,1-2H3. The highest BCUT2D eigenvalue weighted by Crippen LogP contribution is 2.15. The topological polar surface area (TPSA) is 41.8 Å². The summed E-state index contributed by atoms with van der Waals surface area (Å²) in [5.74, 6) is 0.840. The second-order valence-corrected chi connectivity index (χ2v) is 5.04. The van der Waals surface area contributed by atoms with Crippen LogP contribution in [0.4, 0.5) is 0 Å². The van der Waals surface area contributed by atoms with E-state index in [2.05, 4.69) is 37.0 Å². The van der Waals surface area contributed by atoms with Gasteiger partial charge in [0.15, 0.2) is 0 Å². The highest BCUT2D eigenvalue weighted by atomic mass is 16.5. The van der Waals surface area contributed by atoms with Crippen molar-refractivity contribution in [2.24, 2.45) is 4.99 Å². The Bertz CT molecular complexity index is 603. The maximum Gasteiger partial charge on any atom is 0.119 e. The van der Waals surface area contributed by atoms with Gasteiger partial charge in [-0.25, -0.2) is 0 Å². The molecule has 0 fully saturated rings. The van der Waals surface area contributed by atoms with Crippen molar-refractivity contribution in [2.45, 2.75) is 20.5 Å². The number of rotatable bonds is 6. The van der Waals surface area contributed by atoms with Crippen LogP contribution in [0, 0.1) is 13.8 Å². The smallest absolute Gasteiger partial charge is 0.119 e. The van der Waals surface area contributed by atoms with E-state index in [1.54, 1.807) is 6.21 Å². The molecule has 0 aliphatic rings. The van der Waals surface area contributed by atoms with Crippen molar-refractivity contribution in [2.75, 3.05) is 13.2 Å². The lowest BCUT2D eigenvalue weighted by Gasteiger charge is -2.08. The molecule has 0 aliphatic heterocycles. The van der Waals surface area contributed by atoms with Gasteiger partial charge in [-0.15, -0.1) is 0 Å². The molecule has 0 amide bonds. The second kappa shape index (κ2) is 7.60. The summed E-state index contributed by atoms with van der Waals surface area (Å²) in [5.41, 5.74) is 4.76. The van der Waals surface area contributed by atoms with Crippen LogP contribution in [-0.4, -0.2) is 24.5 Å². The van der Waals surface area contributed by atoms with E-state index in [1.165, 1.54) is 16.7 Å². The first-order valence-electron chi connectivity index (χ1n) is 7.09. The van der Waals surface area contributed by atoms with Crippen LogP contribution in [0.1, 0.15) is 22.3 Å². The Morgan fingerprint density at radius 3 is 2.48 bits per heavy atom. The quantitative estimate of drug-likeness (QED) is 0.827. The second-order valence-electron chi connectivity index (χ2n) is 5.04. The maximum atomic E-state index is 8.67. The van der Waals surface area contributed by atoms with Gasteiger partial charge in [0.2, 0.25) is 0 Å². The monoisotopic (exact) mass is 283 g/mol. The zero-order valence-corrected chi connectivity index (χ0v) is 12.5. The number of nitrogens with zero attached hydrogens (tertiary/aromatic N) is 1. The van der Waals surface area contributed by atoms with Crippen molar-refractivity contribution < 1.29 is 9.84 Å². The molecule has 0 saturated heterocycles. The summed E-state index contributed by atoms with van der Waals surface area (Å²) in [7, 11) is 0. The molecule has 0 heterocycles. The minimum atomic E-state index is 0.0770. The van der Waals surface area contributed by atoms with E-state index >= 15 is 0 Å². The summed E-state index contributed by atoms with van der Waals surface area (Å²) in [5, 5.41) is 8.67. The normalized spacial score (nSPS) is 11.0. The molecule has 0 spiro atoms. The van der Waals surface area contributed by atoms with Crippen LogP contribution in [0.15, 0.2) is 47.5 Å².